The Bertz CT molecular complexity index is 560. The van der Waals surface area contributed by atoms with Crippen LogP contribution in [0.4, 0.5) is 4.39 Å². The lowest BCUT2D eigenvalue weighted by molar-refractivity contribution is 0.387. The molecule has 0 aliphatic carbocycles. The van der Waals surface area contributed by atoms with Gasteiger partial charge in [0.1, 0.15) is 0 Å². The van der Waals surface area contributed by atoms with Crippen LogP contribution in [0.1, 0.15) is 0 Å². The third-order valence-corrected chi connectivity index (χ3v) is 3.12. The molecule has 0 saturated heterocycles. The first-order valence-electron chi connectivity index (χ1n) is 4.77. The third-order valence-electron chi connectivity index (χ3n) is 2.30. The van der Waals surface area contributed by atoms with Gasteiger partial charge in [-0.3, -0.25) is 4.98 Å². The largest absolute Gasteiger partial charge is 0.493 e. The second-order valence-electron chi connectivity index (χ2n) is 3.30. The number of methoxy groups -OCH3 is 1. The molecule has 1 heterocycles. The fraction of sp³-hybridized carbons (Fsp3) is 0.0833. The molecule has 0 saturated carbocycles. The van der Waals surface area contributed by atoms with Gasteiger partial charge in [-0.25, -0.2) is 4.39 Å². The van der Waals surface area contributed by atoms with E-state index in [0.717, 1.165) is 6.20 Å². The van der Waals surface area contributed by atoms with E-state index in [0.29, 0.717) is 21.2 Å². The first-order valence-corrected chi connectivity index (χ1v) is 5.52. The van der Waals surface area contributed by atoms with E-state index >= 15 is 0 Å². The monoisotopic (exact) mass is 271 g/mol. The lowest BCUT2D eigenvalue weighted by atomic mass is 10.1. The average Bonchev–Trinajstić information content (AvgIpc) is 2.32. The molecule has 0 N–H and O–H groups in total. The minimum Gasteiger partial charge on any atom is -0.493 e. The van der Waals surface area contributed by atoms with Crippen molar-refractivity contribution in [2.24, 2.45) is 0 Å². The van der Waals surface area contributed by atoms with Crippen molar-refractivity contribution in [3.8, 4) is 16.9 Å². The Morgan fingerprint density at radius 2 is 1.94 bits per heavy atom. The van der Waals surface area contributed by atoms with Gasteiger partial charge in [0.05, 0.1) is 23.4 Å². The van der Waals surface area contributed by atoms with Gasteiger partial charge >= 0.3 is 0 Å². The predicted molar refractivity (Wildman–Crippen MR) is 66.2 cm³/mol. The third kappa shape index (κ3) is 2.21. The zero-order valence-electron chi connectivity index (χ0n) is 8.88. The van der Waals surface area contributed by atoms with Crippen LogP contribution < -0.4 is 4.74 Å². The van der Waals surface area contributed by atoms with Crippen LogP contribution in [0.2, 0.25) is 10.0 Å². The number of halogens is 3. The van der Waals surface area contributed by atoms with E-state index in [1.165, 1.54) is 13.3 Å². The van der Waals surface area contributed by atoms with E-state index in [1.54, 1.807) is 18.2 Å². The molecule has 0 fully saturated rings. The molecule has 0 amide bonds. The summed E-state index contributed by atoms with van der Waals surface area (Å²) < 4.78 is 18.5. The van der Waals surface area contributed by atoms with Gasteiger partial charge in [-0.1, -0.05) is 35.3 Å². The zero-order valence-corrected chi connectivity index (χ0v) is 10.4. The lowest BCUT2D eigenvalue weighted by Crippen LogP contribution is -1.94. The molecular weight excluding hydrogens is 264 g/mol. The lowest BCUT2D eigenvalue weighted by Gasteiger charge is -2.10. The van der Waals surface area contributed by atoms with E-state index in [9.17, 15) is 4.39 Å². The van der Waals surface area contributed by atoms with Gasteiger partial charge in [0, 0.05) is 17.3 Å². The van der Waals surface area contributed by atoms with Crippen LogP contribution in [0.25, 0.3) is 11.1 Å². The summed E-state index contributed by atoms with van der Waals surface area (Å²) in [5.41, 5.74) is 1.06. The molecule has 2 nitrogen and oxygen atoms in total. The predicted octanol–water partition coefficient (Wildman–Crippen LogP) is 4.20. The van der Waals surface area contributed by atoms with Gasteiger partial charge in [-0.2, -0.15) is 0 Å². The van der Waals surface area contributed by atoms with Crippen LogP contribution in [0.3, 0.4) is 0 Å². The highest BCUT2D eigenvalue weighted by molar-refractivity contribution is 6.43. The SMILES string of the molecule is COc1c(F)cncc1-c1cccc(Cl)c1Cl. The highest BCUT2D eigenvalue weighted by Crippen LogP contribution is 2.38. The molecule has 0 aliphatic heterocycles. The maximum atomic E-state index is 13.5. The normalized spacial score (nSPS) is 10.4. The second-order valence-corrected chi connectivity index (χ2v) is 4.09. The summed E-state index contributed by atoms with van der Waals surface area (Å²) in [7, 11) is 1.39. The van der Waals surface area contributed by atoms with Crippen molar-refractivity contribution >= 4 is 23.2 Å². The van der Waals surface area contributed by atoms with Crippen LogP contribution in [-0.2, 0) is 0 Å². The second kappa shape index (κ2) is 4.90. The Kier molecular flexibility index (Phi) is 3.50. The molecule has 1 aromatic carbocycles. The van der Waals surface area contributed by atoms with Crippen molar-refractivity contribution < 1.29 is 9.13 Å². The maximum Gasteiger partial charge on any atom is 0.183 e. The summed E-state index contributed by atoms with van der Waals surface area (Å²) in [5, 5.41) is 0.746. The first kappa shape index (κ1) is 12.1. The summed E-state index contributed by atoms with van der Waals surface area (Å²) in [5.74, 6) is -0.440. The van der Waals surface area contributed by atoms with Crippen LogP contribution in [-0.4, -0.2) is 12.1 Å². The Balaban J connectivity index is 2.68. The van der Waals surface area contributed by atoms with Gasteiger partial charge in [-0.05, 0) is 6.07 Å². The Labute approximate surface area is 108 Å². The minimum atomic E-state index is -0.541. The van der Waals surface area contributed by atoms with Crippen LogP contribution in [0.15, 0.2) is 30.6 Å². The number of ether oxygens (including phenoxy) is 1. The quantitative estimate of drug-likeness (QED) is 0.817. The van der Waals surface area contributed by atoms with Crippen molar-refractivity contribution in [1.82, 2.24) is 4.98 Å². The Morgan fingerprint density at radius 1 is 1.18 bits per heavy atom. The number of hydrogen-bond donors (Lipinski definition) is 0. The molecule has 0 spiro atoms. The van der Waals surface area contributed by atoms with Gasteiger partial charge < -0.3 is 4.74 Å². The van der Waals surface area contributed by atoms with Crippen molar-refractivity contribution in [3.63, 3.8) is 0 Å². The smallest absolute Gasteiger partial charge is 0.183 e. The number of pyridine rings is 1. The molecule has 0 bridgehead atoms. The number of hydrogen-bond acceptors (Lipinski definition) is 2. The summed E-state index contributed by atoms with van der Waals surface area (Å²) in [6.45, 7) is 0. The van der Waals surface area contributed by atoms with E-state index in [2.05, 4.69) is 4.98 Å². The number of rotatable bonds is 2. The zero-order chi connectivity index (χ0) is 12.4. The van der Waals surface area contributed by atoms with Crippen LogP contribution in [0, 0.1) is 5.82 Å². The topological polar surface area (TPSA) is 22.1 Å². The molecule has 2 aromatic rings. The highest BCUT2D eigenvalue weighted by atomic mass is 35.5. The maximum absolute atomic E-state index is 13.5. The molecule has 0 unspecified atom stereocenters. The molecular formula is C12H8Cl2FNO. The van der Waals surface area contributed by atoms with E-state index in [-0.39, 0.29) is 5.75 Å². The molecule has 5 heteroatoms. The van der Waals surface area contributed by atoms with Crippen LogP contribution in [0.5, 0.6) is 5.75 Å². The number of nitrogens with zero attached hydrogens (tertiary/aromatic N) is 1. The van der Waals surface area contributed by atoms with Crippen molar-refractivity contribution in [3.05, 3.63) is 46.5 Å². The minimum absolute atomic E-state index is 0.101. The summed E-state index contributed by atoms with van der Waals surface area (Å²) in [4.78, 5) is 3.78. The van der Waals surface area contributed by atoms with Gasteiger partial charge in [-0.15, -0.1) is 0 Å². The molecule has 0 aliphatic rings. The van der Waals surface area contributed by atoms with Gasteiger partial charge in [0.2, 0.25) is 0 Å². The number of benzene rings is 1. The highest BCUT2D eigenvalue weighted by Gasteiger charge is 2.15. The van der Waals surface area contributed by atoms with E-state index < -0.39 is 5.82 Å². The summed E-state index contributed by atoms with van der Waals surface area (Å²) >= 11 is 12.0. The summed E-state index contributed by atoms with van der Waals surface area (Å²) in [6.07, 6.45) is 2.57. The molecule has 0 atom stereocenters. The van der Waals surface area contributed by atoms with Crippen molar-refractivity contribution in [1.29, 1.82) is 0 Å². The Hall–Kier alpha value is -1.32. The molecule has 17 heavy (non-hydrogen) atoms. The van der Waals surface area contributed by atoms with Gasteiger partial charge in [0.25, 0.3) is 0 Å². The van der Waals surface area contributed by atoms with Crippen LogP contribution >= 0.6 is 23.2 Å². The molecule has 88 valence electrons. The Morgan fingerprint density at radius 3 is 2.65 bits per heavy atom. The van der Waals surface area contributed by atoms with Crippen molar-refractivity contribution in [2.45, 2.75) is 0 Å². The van der Waals surface area contributed by atoms with E-state index in [1.807, 2.05) is 0 Å². The summed E-state index contributed by atoms with van der Waals surface area (Å²) in [6, 6.07) is 5.12. The standard InChI is InChI=1S/C12H8Cl2FNO/c1-17-12-8(5-16-6-10(12)15)7-3-2-4-9(13)11(7)14/h2-6H,1H3. The first-order chi connectivity index (χ1) is 8.15. The fourth-order valence-corrected chi connectivity index (χ4v) is 1.94. The molecule has 0 radical (unpaired) electrons. The van der Waals surface area contributed by atoms with E-state index in [4.69, 9.17) is 27.9 Å². The fourth-order valence-electron chi connectivity index (χ4n) is 1.53. The number of aromatic nitrogens is 1. The average molecular weight is 272 g/mol. The molecule has 1 aromatic heterocycles. The van der Waals surface area contributed by atoms with Gasteiger partial charge in [0.15, 0.2) is 11.6 Å². The van der Waals surface area contributed by atoms with Crippen molar-refractivity contribution in [2.75, 3.05) is 7.11 Å². The molecule has 2 rings (SSSR count).